The maximum atomic E-state index is 6.23. The molecule has 0 heterocycles. The minimum absolute atomic E-state index is 0.738. The molecule has 0 unspecified atom stereocenters. The first-order chi connectivity index (χ1) is 12.7. The molecular formula is C22H46O3Si. The highest BCUT2D eigenvalue weighted by atomic mass is 28.4. The number of rotatable bonds is 20. The second-order valence-electron chi connectivity index (χ2n) is 7.17. The molecule has 0 aliphatic heterocycles. The van der Waals surface area contributed by atoms with Gasteiger partial charge in [-0.3, -0.25) is 0 Å². The Morgan fingerprint density at radius 2 is 0.962 bits per heavy atom. The van der Waals surface area contributed by atoms with Crippen molar-refractivity contribution < 1.29 is 13.3 Å². The van der Waals surface area contributed by atoms with Crippen molar-refractivity contribution in [2.75, 3.05) is 19.8 Å². The Morgan fingerprint density at radius 1 is 0.538 bits per heavy atom. The van der Waals surface area contributed by atoms with Gasteiger partial charge < -0.3 is 13.3 Å². The molecule has 3 nitrogen and oxygen atoms in total. The summed E-state index contributed by atoms with van der Waals surface area (Å²) in [5, 5.41) is 0. The molecule has 0 aromatic carbocycles. The Morgan fingerprint density at radius 3 is 1.42 bits per heavy atom. The molecule has 0 amide bonds. The van der Waals surface area contributed by atoms with Crippen LogP contribution in [0, 0.1) is 0 Å². The topological polar surface area (TPSA) is 27.7 Å². The summed E-state index contributed by atoms with van der Waals surface area (Å²) in [6.07, 6.45) is 17.9. The Labute approximate surface area is 165 Å². The average molecular weight is 387 g/mol. The van der Waals surface area contributed by atoms with Crippen molar-refractivity contribution in [3.05, 3.63) is 11.8 Å². The van der Waals surface area contributed by atoms with E-state index in [0.29, 0.717) is 0 Å². The fraction of sp³-hybridized carbons (Fsp3) is 0.909. The number of hydrogen-bond donors (Lipinski definition) is 0. The van der Waals surface area contributed by atoms with E-state index in [0.717, 1.165) is 64.8 Å². The van der Waals surface area contributed by atoms with E-state index in [-0.39, 0.29) is 0 Å². The van der Waals surface area contributed by atoms with Crippen molar-refractivity contribution in [1.29, 1.82) is 0 Å². The lowest BCUT2D eigenvalue weighted by Gasteiger charge is -2.27. The molecule has 0 rings (SSSR count). The molecule has 0 aliphatic rings. The third kappa shape index (κ3) is 14.9. The van der Waals surface area contributed by atoms with Gasteiger partial charge >= 0.3 is 8.80 Å². The van der Waals surface area contributed by atoms with Crippen LogP contribution in [0.3, 0.4) is 0 Å². The third-order valence-electron chi connectivity index (χ3n) is 4.45. The van der Waals surface area contributed by atoms with Gasteiger partial charge in [-0.05, 0) is 37.8 Å². The van der Waals surface area contributed by atoms with Crippen LogP contribution in [0.25, 0.3) is 0 Å². The van der Waals surface area contributed by atoms with Crippen molar-refractivity contribution in [1.82, 2.24) is 0 Å². The SMILES string of the molecule is CCCCCCCCC=C[Si](OCCCC)(OCCCC)OCCCC. The second-order valence-corrected chi connectivity index (χ2v) is 9.57. The van der Waals surface area contributed by atoms with Gasteiger partial charge in [0.15, 0.2) is 0 Å². The van der Waals surface area contributed by atoms with Gasteiger partial charge in [0.25, 0.3) is 0 Å². The predicted molar refractivity (Wildman–Crippen MR) is 115 cm³/mol. The zero-order valence-corrected chi connectivity index (χ0v) is 19.2. The van der Waals surface area contributed by atoms with Crippen LogP contribution in [0.15, 0.2) is 11.8 Å². The zero-order valence-electron chi connectivity index (χ0n) is 18.2. The van der Waals surface area contributed by atoms with E-state index in [1.54, 1.807) is 0 Å². The molecule has 0 bridgehead atoms. The van der Waals surface area contributed by atoms with Crippen molar-refractivity contribution >= 4 is 8.80 Å². The molecule has 0 aromatic rings. The van der Waals surface area contributed by atoms with E-state index in [2.05, 4.69) is 39.5 Å². The van der Waals surface area contributed by atoms with Crippen molar-refractivity contribution in [2.45, 2.75) is 111 Å². The van der Waals surface area contributed by atoms with Crippen LogP contribution >= 0.6 is 0 Å². The van der Waals surface area contributed by atoms with E-state index < -0.39 is 8.80 Å². The molecule has 0 saturated carbocycles. The summed E-state index contributed by atoms with van der Waals surface area (Å²) in [7, 11) is -2.67. The molecule has 26 heavy (non-hydrogen) atoms. The highest BCUT2D eigenvalue weighted by Crippen LogP contribution is 2.16. The van der Waals surface area contributed by atoms with Crippen LogP contribution in [0.5, 0.6) is 0 Å². The molecule has 0 aliphatic carbocycles. The molecule has 0 atom stereocenters. The summed E-state index contributed by atoms with van der Waals surface area (Å²) in [4.78, 5) is 0. The van der Waals surface area contributed by atoms with Gasteiger partial charge in [-0.25, -0.2) is 0 Å². The minimum Gasteiger partial charge on any atom is -0.370 e. The van der Waals surface area contributed by atoms with Gasteiger partial charge in [-0.2, -0.15) is 0 Å². The maximum Gasteiger partial charge on any atom is 0.529 e. The van der Waals surface area contributed by atoms with E-state index in [9.17, 15) is 0 Å². The highest BCUT2D eigenvalue weighted by Gasteiger charge is 2.38. The van der Waals surface area contributed by atoms with Crippen LogP contribution in [-0.2, 0) is 13.3 Å². The van der Waals surface area contributed by atoms with Crippen LogP contribution in [0.4, 0.5) is 0 Å². The van der Waals surface area contributed by atoms with Gasteiger partial charge in [-0.15, -0.1) is 0 Å². The fourth-order valence-electron chi connectivity index (χ4n) is 2.62. The molecule has 156 valence electrons. The van der Waals surface area contributed by atoms with Crippen LogP contribution in [0.1, 0.15) is 111 Å². The first-order valence-corrected chi connectivity index (χ1v) is 13.1. The Bertz CT molecular complexity index is 281. The molecule has 4 heteroatoms. The van der Waals surface area contributed by atoms with Gasteiger partial charge in [-0.1, -0.05) is 85.1 Å². The summed E-state index contributed by atoms with van der Waals surface area (Å²) in [5.41, 5.74) is 2.17. The maximum absolute atomic E-state index is 6.23. The smallest absolute Gasteiger partial charge is 0.370 e. The Balaban J connectivity index is 4.57. The van der Waals surface area contributed by atoms with Gasteiger partial charge in [0.1, 0.15) is 0 Å². The molecule has 0 fully saturated rings. The highest BCUT2D eigenvalue weighted by molar-refractivity contribution is 6.66. The van der Waals surface area contributed by atoms with E-state index in [1.165, 1.54) is 38.5 Å². The molecular weight excluding hydrogens is 340 g/mol. The number of unbranched alkanes of at least 4 members (excludes halogenated alkanes) is 9. The largest absolute Gasteiger partial charge is 0.529 e. The lowest BCUT2D eigenvalue weighted by Crippen LogP contribution is -2.45. The summed E-state index contributed by atoms with van der Waals surface area (Å²) < 4.78 is 18.7. The standard InChI is InChI=1S/C22H46O3Si/c1-5-9-13-14-15-16-17-18-22-26(23-19-10-6-2,24-20-11-7-3)25-21-12-8-4/h18,22H,5-17,19-21H2,1-4H3. The molecule has 0 radical (unpaired) electrons. The van der Waals surface area contributed by atoms with Gasteiger partial charge in [0, 0.05) is 19.8 Å². The zero-order chi connectivity index (χ0) is 19.3. The Hall–Kier alpha value is -0.163. The first kappa shape index (κ1) is 25.8. The predicted octanol–water partition coefficient (Wildman–Crippen LogP) is 7.22. The van der Waals surface area contributed by atoms with Crippen molar-refractivity contribution in [3.8, 4) is 0 Å². The van der Waals surface area contributed by atoms with Crippen LogP contribution in [0.2, 0.25) is 0 Å². The van der Waals surface area contributed by atoms with E-state index in [4.69, 9.17) is 13.3 Å². The quantitative estimate of drug-likeness (QED) is 0.163. The molecule has 0 N–H and O–H groups in total. The number of hydrogen-bond acceptors (Lipinski definition) is 3. The summed E-state index contributed by atoms with van der Waals surface area (Å²) in [5.74, 6) is 0. The van der Waals surface area contributed by atoms with Gasteiger partial charge in [0.05, 0.1) is 0 Å². The monoisotopic (exact) mass is 386 g/mol. The number of allylic oxidation sites excluding steroid dienone is 1. The average Bonchev–Trinajstić information content (AvgIpc) is 2.64. The normalized spacial score (nSPS) is 12.3. The second kappa shape index (κ2) is 19.6. The van der Waals surface area contributed by atoms with Gasteiger partial charge in [0.2, 0.25) is 0 Å². The molecule has 0 aromatic heterocycles. The summed E-state index contributed by atoms with van der Waals surface area (Å²) in [6, 6.07) is 0. The van der Waals surface area contributed by atoms with Crippen LogP contribution in [-0.4, -0.2) is 28.6 Å². The lowest BCUT2D eigenvalue weighted by atomic mass is 10.1. The Kier molecular flexibility index (Phi) is 19.5. The fourth-order valence-corrected chi connectivity index (χ4v) is 4.90. The van der Waals surface area contributed by atoms with Crippen molar-refractivity contribution in [2.24, 2.45) is 0 Å². The molecule has 0 saturated heterocycles. The van der Waals surface area contributed by atoms with E-state index >= 15 is 0 Å². The van der Waals surface area contributed by atoms with E-state index in [1.807, 2.05) is 0 Å². The molecule has 0 spiro atoms. The lowest BCUT2D eigenvalue weighted by molar-refractivity contribution is 0.0684. The summed E-state index contributed by atoms with van der Waals surface area (Å²) >= 11 is 0. The first-order valence-electron chi connectivity index (χ1n) is 11.3. The minimum atomic E-state index is -2.67. The van der Waals surface area contributed by atoms with Crippen LogP contribution < -0.4 is 0 Å². The summed E-state index contributed by atoms with van der Waals surface area (Å²) in [6.45, 7) is 11.1. The van der Waals surface area contributed by atoms with Crippen molar-refractivity contribution in [3.63, 3.8) is 0 Å². The third-order valence-corrected chi connectivity index (χ3v) is 6.91.